The number of carbonyl (C=O) groups is 1. The van der Waals surface area contributed by atoms with E-state index < -0.39 is 0 Å². The zero-order chi connectivity index (χ0) is 12.3. The number of hydrogen-bond acceptors (Lipinski definition) is 3. The molecule has 1 unspecified atom stereocenters. The van der Waals surface area contributed by atoms with Gasteiger partial charge in [-0.25, -0.2) is 0 Å². The van der Waals surface area contributed by atoms with Crippen LogP contribution in [0.5, 0.6) is 0 Å². The van der Waals surface area contributed by atoms with Gasteiger partial charge in [0.2, 0.25) is 5.91 Å². The van der Waals surface area contributed by atoms with Gasteiger partial charge in [-0.1, -0.05) is 6.42 Å². The van der Waals surface area contributed by atoms with E-state index in [1.807, 2.05) is 18.9 Å². The van der Waals surface area contributed by atoms with E-state index in [-0.39, 0.29) is 6.04 Å². The molecule has 1 aliphatic carbocycles. The predicted octanol–water partition coefficient (Wildman–Crippen LogP) is 0.539. The van der Waals surface area contributed by atoms with Crippen LogP contribution < -0.4 is 5.32 Å². The summed E-state index contributed by atoms with van der Waals surface area (Å²) in [6.07, 6.45) is 3.96. The van der Waals surface area contributed by atoms with Crippen LogP contribution in [0, 0.1) is 5.92 Å². The Bertz CT molecular complexity index is 259. The monoisotopic (exact) mass is 239 g/mol. The number of carbonyl (C=O) groups excluding carboxylic acids is 1. The molecule has 2 rings (SSSR count). The number of amides is 1. The van der Waals surface area contributed by atoms with Crippen LogP contribution in [0.25, 0.3) is 0 Å². The van der Waals surface area contributed by atoms with Crippen molar-refractivity contribution in [2.75, 3.05) is 39.8 Å². The van der Waals surface area contributed by atoms with Crippen LogP contribution in [0.3, 0.4) is 0 Å². The van der Waals surface area contributed by atoms with E-state index in [2.05, 4.69) is 10.2 Å². The predicted molar refractivity (Wildman–Crippen MR) is 68.9 cm³/mol. The number of piperazine rings is 1. The van der Waals surface area contributed by atoms with Crippen molar-refractivity contribution in [1.29, 1.82) is 0 Å². The molecule has 0 aromatic heterocycles. The molecule has 0 bridgehead atoms. The summed E-state index contributed by atoms with van der Waals surface area (Å²) in [6, 6.07) is 0.0437. The van der Waals surface area contributed by atoms with Gasteiger partial charge in [-0.3, -0.25) is 9.69 Å². The summed E-state index contributed by atoms with van der Waals surface area (Å²) in [6.45, 7) is 6.99. The van der Waals surface area contributed by atoms with Gasteiger partial charge in [-0.05, 0) is 25.7 Å². The molecular weight excluding hydrogens is 214 g/mol. The first-order valence-electron chi connectivity index (χ1n) is 6.88. The Morgan fingerprint density at radius 2 is 2.06 bits per heavy atom. The lowest BCUT2D eigenvalue weighted by atomic mass is 9.85. The highest BCUT2D eigenvalue weighted by molar-refractivity contribution is 5.81. The fourth-order valence-electron chi connectivity index (χ4n) is 2.70. The van der Waals surface area contributed by atoms with Gasteiger partial charge in [-0.15, -0.1) is 0 Å². The quantitative estimate of drug-likeness (QED) is 0.778. The second-order valence-electron chi connectivity index (χ2n) is 5.48. The molecular formula is C13H25N3O. The first-order chi connectivity index (χ1) is 8.18. The van der Waals surface area contributed by atoms with Crippen molar-refractivity contribution in [2.45, 2.75) is 32.2 Å². The highest BCUT2D eigenvalue weighted by Gasteiger charge is 2.27. The molecule has 2 aliphatic rings. The molecule has 1 atom stereocenters. The SMILES string of the molecule is CC(C(=O)N(C)CC1CCC1)N1CCNCC1. The summed E-state index contributed by atoms with van der Waals surface area (Å²) in [7, 11) is 1.96. The largest absolute Gasteiger partial charge is 0.344 e. The van der Waals surface area contributed by atoms with Gasteiger partial charge in [0.05, 0.1) is 6.04 Å². The van der Waals surface area contributed by atoms with Gasteiger partial charge in [0.25, 0.3) is 0 Å². The molecule has 0 aromatic carbocycles. The van der Waals surface area contributed by atoms with Crippen LogP contribution in [0.4, 0.5) is 0 Å². The summed E-state index contributed by atoms with van der Waals surface area (Å²) in [4.78, 5) is 16.5. The van der Waals surface area contributed by atoms with E-state index in [4.69, 9.17) is 0 Å². The second-order valence-corrected chi connectivity index (χ2v) is 5.48. The van der Waals surface area contributed by atoms with Crippen LogP contribution >= 0.6 is 0 Å². The zero-order valence-corrected chi connectivity index (χ0v) is 11.1. The molecule has 17 heavy (non-hydrogen) atoms. The number of nitrogens with zero attached hydrogens (tertiary/aromatic N) is 2. The van der Waals surface area contributed by atoms with E-state index in [0.717, 1.165) is 38.6 Å². The standard InChI is InChI=1S/C13H25N3O/c1-11(16-8-6-14-7-9-16)13(17)15(2)10-12-4-3-5-12/h11-12,14H,3-10H2,1-2H3. The molecule has 0 spiro atoms. The first kappa shape index (κ1) is 12.8. The number of rotatable bonds is 4. The highest BCUT2D eigenvalue weighted by atomic mass is 16.2. The lowest BCUT2D eigenvalue weighted by molar-refractivity contribution is -0.136. The third-order valence-electron chi connectivity index (χ3n) is 4.19. The van der Waals surface area contributed by atoms with Crippen molar-refractivity contribution in [3.05, 3.63) is 0 Å². The molecule has 0 radical (unpaired) electrons. The third kappa shape index (κ3) is 3.19. The van der Waals surface area contributed by atoms with Gasteiger partial charge in [0.15, 0.2) is 0 Å². The van der Waals surface area contributed by atoms with Crippen molar-refractivity contribution in [1.82, 2.24) is 15.1 Å². The Labute approximate surface area is 104 Å². The Kier molecular flexibility index (Phi) is 4.40. The summed E-state index contributed by atoms with van der Waals surface area (Å²) < 4.78 is 0. The van der Waals surface area contributed by atoms with E-state index in [9.17, 15) is 4.79 Å². The molecule has 1 amide bonds. The van der Waals surface area contributed by atoms with Crippen LogP contribution in [0.2, 0.25) is 0 Å². The van der Waals surface area contributed by atoms with Gasteiger partial charge in [0.1, 0.15) is 0 Å². The molecule has 1 aliphatic heterocycles. The second kappa shape index (κ2) is 5.83. The summed E-state index contributed by atoms with van der Waals surface area (Å²) in [5.41, 5.74) is 0. The molecule has 1 heterocycles. The van der Waals surface area contributed by atoms with Crippen molar-refractivity contribution in [3.63, 3.8) is 0 Å². The maximum absolute atomic E-state index is 12.3. The molecule has 1 saturated heterocycles. The maximum Gasteiger partial charge on any atom is 0.239 e. The molecule has 1 N–H and O–H groups in total. The Morgan fingerprint density at radius 1 is 1.41 bits per heavy atom. The molecule has 2 fully saturated rings. The van der Waals surface area contributed by atoms with Crippen LogP contribution in [0.1, 0.15) is 26.2 Å². The van der Waals surface area contributed by atoms with Crippen LogP contribution in [0.15, 0.2) is 0 Å². The van der Waals surface area contributed by atoms with Gasteiger partial charge in [-0.2, -0.15) is 0 Å². The van der Waals surface area contributed by atoms with E-state index in [0.29, 0.717) is 5.91 Å². The molecule has 4 heteroatoms. The lowest BCUT2D eigenvalue weighted by Crippen LogP contribution is -2.53. The minimum Gasteiger partial charge on any atom is -0.344 e. The van der Waals surface area contributed by atoms with Crippen molar-refractivity contribution in [3.8, 4) is 0 Å². The van der Waals surface area contributed by atoms with Crippen molar-refractivity contribution >= 4 is 5.91 Å². The fraction of sp³-hybridized carbons (Fsp3) is 0.923. The fourth-order valence-corrected chi connectivity index (χ4v) is 2.70. The average molecular weight is 239 g/mol. The van der Waals surface area contributed by atoms with Crippen molar-refractivity contribution in [2.24, 2.45) is 5.92 Å². The summed E-state index contributed by atoms with van der Waals surface area (Å²) in [5.74, 6) is 1.05. The Balaban J connectivity index is 1.79. The Morgan fingerprint density at radius 3 is 2.59 bits per heavy atom. The summed E-state index contributed by atoms with van der Waals surface area (Å²) in [5, 5.41) is 3.32. The lowest BCUT2D eigenvalue weighted by Gasteiger charge is -2.36. The zero-order valence-electron chi connectivity index (χ0n) is 11.1. The maximum atomic E-state index is 12.3. The van der Waals surface area contributed by atoms with Crippen LogP contribution in [-0.4, -0.2) is 61.5 Å². The van der Waals surface area contributed by atoms with E-state index in [1.165, 1.54) is 19.3 Å². The topological polar surface area (TPSA) is 35.6 Å². The molecule has 1 saturated carbocycles. The normalized spacial score (nSPS) is 24.1. The summed E-state index contributed by atoms with van der Waals surface area (Å²) >= 11 is 0. The molecule has 4 nitrogen and oxygen atoms in total. The number of hydrogen-bond donors (Lipinski definition) is 1. The first-order valence-corrected chi connectivity index (χ1v) is 6.88. The number of nitrogens with one attached hydrogen (secondary N) is 1. The Hall–Kier alpha value is -0.610. The van der Waals surface area contributed by atoms with E-state index >= 15 is 0 Å². The average Bonchev–Trinajstić information content (AvgIpc) is 2.32. The molecule has 0 aromatic rings. The molecule has 98 valence electrons. The number of likely N-dealkylation sites (N-methyl/N-ethyl adjacent to an activating group) is 1. The van der Waals surface area contributed by atoms with Gasteiger partial charge in [0, 0.05) is 39.8 Å². The minimum absolute atomic E-state index is 0.0437. The minimum atomic E-state index is 0.0437. The van der Waals surface area contributed by atoms with Gasteiger partial charge >= 0.3 is 0 Å². The van der Waals surface area contributed by atoms with E-state index in [1.54, 1.807) is 0 Å². The highest BCUT2D eigenvalue weighted by Crippen LogP contribution is 2.26. The van der Waals surface area contributed by atoms with Crippen molar-refractivity contribution < 1.29 is 4.79 Å². The smallest absolute Gasteiger partial charge is 0.239 e. The van der Waals surface area contributed by atoms with Gasteiger partial charge < -0.3 is 10.2 Å². The van der Waals surface area contributed by atoms with Crippen LogP contribution in [-0.2, 0) is 4.79 Å². The third-order valence-corrected chi connectivity index (χ3v) is 4.19.